The maximum absolute atomic E-state index is 9.01. The topological polar surface area (TPSA) is 58.0 Å². The maximum Gasteiger partial charge on any atom is 0.164 e. The SMILES string of the molecule is COc1ccc(OC(CCCc2ccc(C#N)cc2)N2C3CCC2CN(C)C3)cc1OC. The van der Waals surface area contributed by atoms with Gasteiger partial charge in [0.1, 0.15) is 5.75 Å². The molecular weight excluding hydrogens is 402 g/mol. The summed E-state index contributed by atoms with van der Waals surface area (Å²) in [7, 11) is 5.52. The highest BCUT2D eigenvalue weighted by Gasteiger charge is 2.43. The van der Waals surface area contributed by atoms with Crippen LogP contribution in [0.3, 0.4) is 0 Å². The molecule has 0 amide bonds. The van der Waals surface area contributed by atoms with Crippen molar-refractivity contribution in [3.8, 4) is 23.3 Å². The fourth-order valence-corrected chi connectivity index (χ4v) is 5.16. The molecule has 4 rings (SSSR count). The summed E-state index contributed by atoms with van der Waals surface area (Å²) < 4.78 is 17.5. The Bertz CT molecular complexity index is 926. The molecule has 0 saturated carbocycles. The van der Waals surface area contributed by atoms with Gasteiger partial charge >= 0.3 is 0 Å². The number of benzene rings is 2. The second-order valence-electron chi connectivity index (χ2n) is 8.84. The van der Waals surface area contributed by atoms with Gasteiger partial charge in [-0.15, -0.1) is 0 Å². The van der Waals surface area contributed by atoms with E-state index >= 15 is 0 Å². The highest BCUT2D eigenvalue weighted by Crippen LogP contribution is 2.36. The van der Waals surface area contributed by atoms with Gasteiger partial charge in [0.2, 0.25) is 0 Å². The molecule has 32 heavy (non-hydrogen) atoms. The number of aryl methyl sites for hydroxylation is 1. The van der Waals surface area contributed by atoms with Crippen LogP contribution >= 0.6 is 0 Å². The fourth-order valence-electron chi connectivity index (χ4n) is 5.16. The summed E-state index contributed by atoms with van der Waals surface area (Å²) >= 11 is 0. The number of hydrogen-bond donors (Lipinski definition) is 0. The van der Waals surface area contributed by atoms with Crippen LogP contribution in [-0.2, 0) is 6.42 Å². The Labute approximate surface area is 191 Å². The minimum Gasteiger partial charge on any atom is -0.493 e. The largest absolute Gasteiger partial charge is 0.493 e. The number of ether oxygens (including phenoxy) is 3. The third kappa shape index (κ3) is 5.01. The first-order valence-electron chi connectivity index (χ1n) is 11.4. The molecule has 2 heterocycles. The van der Waals surface area contributed by atoms with E-state index in [1.165, 1.54) is 18.4 Å². The average Bonchev–Trinajstić information content (AvgIpc) is 3.09. The Hall–Kier alpha value is -2.75. The number of likely N-dealkylation sites (N-methyl/N-ethyl adjacent to an activating group) is 1. The van der Waals surface area contributed by atoms with Gasteiger partial charge < -0.3 is 19.1 Å². The van der Waals surface area contributed by atoms with Crippen LogP contribution in [0.5, 0.6) is 17.2 Å². The van der Waals surface area contributed by atoms with Gasteiger partial charge in [-0.1, -0.05) is 12.1 Å². The molecular formula is C26H33N3O3. The second kappa shape index (κ2) is 10.2. The van der Waals surface area contributed by atoms with Crippen molar-refractivity contribution in [3.63, 3.8) is 0 Å². The second-order valence-corrected chi connectivity index (χ2v) is 8.84. The summed E-state index contributed by atoms with van der Waals surface area (Å²) in [6.45, 7) is 2.19. The molecule has 3 atom stereocenters. The van der Waals surface area contributed by atoms with Crippen molar-refractivity contribution in [1.29, 1.82) is 5.26 Å². The molecule has 0 spiro atoms. The Morgan fingerprint density at radius 3 is 2.31 bits per heavy atom. The van der Waals surface area contributed by atoms with Gasteiger partial charge in [0.25, 0.3) is 0 Å². The quantitative estimate of drug-likeness (QED) is 0.592. The summed E-state index contributed by atoms with van der Waals surface area (Å²) in [5, 5.41) is 9.01. The normalized spacial score (nSPS) is 21.7. The fraction of sp³-hybridized carbons (Fsp3) is 0.500. The van der Waals surface area contributed by atoms with E-state index in [1.54, 1.807) is 14.2 Å². The first kappa shape index (κ1) is 22.4. The van der Waals surface area contributed by atoms with Gasteiger partial charge in [-0.2, -0.15) is 5.26 Å². The van der Waals surface area contributed by atoms with Crippen molar-refractivity contribution in [2.75, 3.05) is 34.4 Å². The van der Waals surface area contributed by atoms with E-state index in [1.807, 2.05) is 30.3 Å². The molecule has 6 nitrogen and oxygen atoms in total. The molecule has 0 aliphatic carbocycles. The Morgan fingerprint density at radius 2 is 1.69 bits per heavy atom. The van der Waals surface area contributed by atoms with Gasteiger partial charge in [0.15, 0.2) is 17.7 Å². The van der Waals surface area contributed by atoms with Crippen molar-refractivity contribution >= 4 is 0 Å². The summed E-state index contributed by atoms with van der Waals surface area (Å²) in [5.74, 6) is 2.20. The molecule has 170 valence electrons. The molecule has 2 fully saturated rings. The Morgan fingerprint density at radius 1 is 1.00 bits per heavy atom. The molecule has 0 N–H and O–H groups in total. The van der Waals surface area contributed by atoms with E-state index in [0.717, 1.165) is 38.1 Å². The van der Waals surface area contributed by atoms with E-state index < -0.39 is 0 Å². The summed E-state index contributed by atoms with van der Waals surface area (Å²) in [4.78, 5) is 5.07. The van der Waals surface area contributed by atoms with Gasteiger partial charge in [-0.05, 0) is 69.0 Å². The van der Waals surface area contributed by atoms with E-state index in [4.69, 9.17) is 19.5 Å². The van der Waals surface area contributed by atoms with Crippen LogP contribution in [0.4, 0.5) is 0 Å². The molecule has 2 saturated heterocycles. The van der Waals surface area contributed by atoms with E-state index in [2.05, 4.69) is 35.0 Å². The van der Waals surface area contributed by atoms with E-state index in [9.17, 15) is 0 Å². The van der Waals surface area contributed by atoms with Gasteiger partial charge in [0.05, 0.1) is 25.9 Å². The molecule has 2 aromatic rings. The lowest BCUT2D eigenvalue weighted by molar-refractivity contribution is -0.0509. The highest BCUT2D eigenvalue weighted by molar-refractivity contribution is 5.45. The minimum atomic E-state index is 0.0256. The number of nitriles is 1. The lowest BCUT2D eigenvalue weighted by Gasteiger charge is -2.43. The van der Waals surface area contributed by atoms with Gasteiger partial charge in [-0.3, -0.25) is 4.90 Å². The number of methoxy groups -OCH3 is 2. The third-order valence-corrected chi connectivity index (χ3v) is 6.68. The van der Waals surface area contributed by atoms with E-state index in [0.29, 0.717) is 29.1 Å². The molecule has 2 aliphatic heterocycles. The molecule has 2 aromatic carbocycles. The highest BCUT2D eigenvalue weighted by atomic mass is 16.5. The van der Waals surface area contributed by atoms with E-state index in [-0.39, 0.29) is 6.23 Å². The Kier molecular flexibility index (Phi) is 7.19. The predicted molar refractivity (Wildman–Crippen MR) is 124 cm³/mol. The van der Waals surface area contributed by atoms with Crippen molar-refractivity contribution in [2.24, 2.45) is 0 Å². The van der Waals surface area contributed by atoms with Crippen LogP contribution in [-0.4, -0.2) is 62.5 Å². The molecule has 0 radical (unpaired) electrons. The first-order chi connectivity index (χ1) is 15.6. The number of likely N-dealkylation sites (tertiary alicyclic amines) is 1. The van der Waals surface area contributed by atoms with Crippen LogP contribution in [0.25, 0.3) is 0 Å². The maximum atomic E-state index is 9.01. The number of piperazine rings is 1. The molecule has 3 unspecified atom stereocenters. The van der Waals surface area contributed by atoms with Gasteiger partial charge in [0, 0.05) is 31.2 Å². The van der Waals surface area contributed by atoms with Crippen LogP contribution in [0.1, 0.15) is 36.8 Å². The predicted octanol–water partition coefficient (Wildman–Crippen LogP) is 4.08. The average molecular weight is 436 g/mol. The molecule has 6 heteroatoms. The standard InChI is InChI=1S/C26H33N3O3/c1-28-17-21-11-12-22(18-28)29(21)26(6-4-5-19-7-9-20(16-27)10-8-19)32-23-13-14-24(30-2)25(15-23)31-3/h7-10,13-15,21-22,26H,4-6,11-12,17-18H2,1-3H3. The summed E-state index contributed by atoms with van der Waals surface area (Å²) in [5.41, 5.74) is 1.97. The zero-order valence-electron chi connectivity index (χ0n) is 19.3. The number of nitrogens with zero attached hydrogens (tertiary/aromatic N) is 3. The summed E-state index contributed by atoms with van der Waals surface area (Å²) in [6, 6.07) is 17.0. The monoisotopic (exact) mass is 435 g/mol. The number of fused-ring (bicyclic) bond motifs is 2. The van der Waals surface area contributed by atoms with Crippen molar-refractivity contribution in [3.05, 3.63) is 53.6 Å². The van der Waals surface area contributed by atoms with Crippen LogP contribution in [0, 0.1) is 11.3 Å². The van der Waals surface area contributed by atoms with Crippen LogP contribution in [0.2, 0.25) is 0 Å². The zero-order valence-corrected chi connectivity index (χ0v) is 19.3. The third-order valence-electron chi connectivity index (χ3n) is 6.68. The van der Waals surface area contributed by atoms with Crippen molar-refractivity contribution < 1.29 is 14.2 Å². The molecule has 0 aromatic heterocycles. The minimum absolute atomic E-state index is 0.0256. The molecule has 2 bridgehead atoms. The number of rotatable bonds is 9. The number of hydrogen-bond acceptors (Lipinski definition) is 6. The van der Waals surface area contributed by atoms with Crippen LogP contribution < -0.4 is 14.2 Å². The summed E-state index contributed by atoms with van der Waals surface area (Å²) in [6.07, 6.45) is 5.44. The van der Waals surface area contributed by atoms with Crippen LogP contribution in [0.15, 0.2) is 42.5 Å². The van der Waals surface area contributed by atoms with Gasteiger partial charge in [-0.25, -0.2) is 0 Å². The van der Waals surface area contributed by atoms with Crippen molar-refractivity contribution in [1.82, 2.24) is 9.80 Å². The smallest absolute Gasteiger partial charge is 0.164 e. The lowest BCUT2D eigenvalue weighted by atomic mass is 10.0. The first-order valence-corrected chi connectivity index (χ1v) is 11.4. The van der Waals surface area contributed by atoms with Crippen molar-refractivity contribution in [2.45, 2.75) is 50.4 Å². The zero-order chi connectivity index (χ0) is 22.5. The lowest BCUT2D eigenvalue weighted by Crippen LogP contribution is -2.57. The Balaban J connectivity index is 1.48. The molecule has 2 aliphatic rings.